The van der Waals surface area contributed by atoms with Gasteiger partial charge in [0.2, 0.25) is 5.91 Å². The minimum Gasteiger partial charge on any atom is -0.447 e. The summed E-state index contributed by atoms with van der Waals surface area (Å²) >= 11 is 0. The van der Waals surface area contributed by atoms with Crippen LogP contribution in [0.5, 0.6) is 0 Å². The molecule has 0 radical (unpaired) electrons. The molecule has 3 N–H and O–H groups in total. The van der Waals surface area contributed by atoms with Crippen LogP contribution in [-0.4, -0.2) is 86.6 Å². The van der Waals surface area contributed by atoms with Gasteiger partial charge in [-0.3, -0.25) is 4.79 Å². The first-order chi connectivity index (χ1) is 19.6. The third-order valence-corrected chi connectivity index (χ3v) is 9.17. The molecule has 1 spiro atoms. The second kappa shape index (κ2) is 13.3. The van der Waals surface area contributed by atoms with E-state index in [0.29, 0.717) is 51.8 Å². The number of carbonyl (C=O) groups excluding carboxylic acids is 3. The first-order valence-electron chi connectivity index (χ1n) is 15.2. The first kappa shape index (κ1) is 31.6. The van der Waals surface area contributed by atoms with Gasteiger partial charge in [-0.1, -0.05) is 31.4 Å². The smallest absolute Gasteiger partial charge is 0.408 e. The van der Waals surface area contributed by atoms with Crippen molar-refractivity contribution in [2.24, 2.45) is 5.92 Å². The summed E-state index contributed by atoms with van der Waals surface area (Å²) in [6.07, 6.45) is 6.95. The number of methoxy groups -OCH3 is 1. The number of epoxide rings is 2. The fourth-order valence-corrected chi connectivity index (χ4v) is 6.70. The molecule has 2 heterocycles. The third kappa shape index (κ3) is 7.73. The molecular weight excluding hydrogens is 530 g/mol. The Hall–Kier alpha value is -2.37. The van der Waals surface area contributed by atoms with Crippen molar-refractivity contribution in [2.45, 2.75) is 121 Å². The molecule has 0 aromatic carbocycles. The normalized spacial score (nSPS) is 33.0. The zero-order valence-electron chi connectivity index (χ0n) is 25.3. The lowest BCUT2D eigenvalue weighted by Crippen LogP contribution is -2.57. The van der Waals surface area contributed by atoms with Gasteiger partial charge in [-0.15, -0.1) is 0 Å². The standard InChI is InChI=1S/C30H49N3O8/c1-6-23(34)31-16-9-17-32-26(35)38-18-29(13-7-8-14-29)33-27(36)40-21-12-15-30(19-39-30)25(24(21)37-5)28(4)22(41-28)11-10-20(2)3/h10,21-22,24-25H,6-9,11-19H2,1-5H3,(H,31,34)(H,32,35)(H,33,36)/t21?,22-,24?,25?,28+,30+/m1/s1. The van der Waals surface area contributed by atoms with Crippen LogP contribution in [0.1, 0.15) is 85.5 Å². The second-order valence-corrected chi connectivity index (χ2v) is 12.5. The van der Waals surface area contributed by atoms with Crippen LogP contribution in [0.15, 0.2) is 11.6 Å². The molecule has 0 aromatic rings. The summed E-state index contributed by atoms with van der Waals surface area (Å²) in [6, 6.07) is 0. The highest BCUT2D eigenvalue weighted by Gasteiger charge is 2.72. The predicted octanol–water partition coefficient (Wildman–Crippen LogP) is 3.74. The van der Waals surface area contributed by atoms with Crippen molar-refractivity contribution in [3.8, 4) is 0 Å². The van der Waals surface area contributed by atoms with Gasteiger partial charge in [0.25, 0.3) is 0 Å². The molecule has 4 aliphatic rings. The highest BCUT2D eigenvalue weighted by atomic mass is 16.6. The lowest BCUT2D eigenvalue weighted by atomic mass is 9.68. The molecule has 232 valence electrons. The monoisotopic (exact) mass is 579 g/mol. The summed E-state index contributed by atoms with van der Waals surface area (Å²) in [5.74, 6) is -0.0710. The van der Waals surface area contributed by atoms with Crippen LogP contribution in [0.25, 0.3) is 0 Å². The fraction of sp³-hybridized carbons (Fsp3) is 0.833. The molecule has 4 rings (SSSR count). The van der Waals surface area contributed by atoms with E-state index < -0.39 is 29.4 Å². The maximum atomic E-state index is 13.2. The van der Waals surface area contributed by atoms with Gasteiger partial charge >= 0.3 is 12.2 Å². The molecule has 0 aromatic heterocycles. The Morgan fingerprint density at radius 1 is 1.05 bits per heavy atom. The van der Waals surface area contributed by atoms with Crippen molar-refractivity contribution in [2.75, 3.05) is 33.4 Å². The Morgan fingerprint density at radius 3 is 2.39 bits per heavy atom. The molecular formula is C30H49N3O8. The van der Waals surface area contributed by atoms with E-state index in [4.69, 9.17) is 23.7 Å². The molecule has 2 aliphatic heterocycles. The summed E-state index contributed by atoms with van der Waals surface area (Å²) in [5.41, 5.74) is -0.107. The molecule has 41 heavy (non-hydrogen) atoms. The van der Waals surface area contributed by atoms with Crippen LogP contribution in [0, 0.1) is 5.92 Å². The minimum atomic E-state index is -0.665. The van der Waals surface area contributed by atoms with Gasteiger partial charge in [0.15, 0.2) is 0 Å². The van der Waals surface area contributed by atoms with Crippen LogP contribution in [0.3, 0.4) is 0 Å². The second-order valence-electron chi connectivity index (χ2n) is 12.5. The van der Waals surface area contributed by atoms with E-state index in [-0.39, 0.29) is 36.2 Å². The van der Waals surface area contributed by atoms with Gasteiger partial charge < -0.3 is 39.6 Å². The van der Waals surface area contributed by atoms with Gasteiger partial charge in [0, 0.05) is 26.6 Å². The number of amides is 3. The quantitative estimate of drug-likeness (QED) is 0.170. The van der Waals surface area contributed by atoms with Gasteiger partial charge in [-0.2, -0.15) is 0 Å². The molecule has 3 amide bonds. The van der Waals surface area contributed by atoms with E-state index in [1.165, 1.54) is 5.57 Å². The first-order valence-corrected chi connectivity index (χ1v) is 15.2. The number of allylic oxidation sites excluding steroid dienone is 1. The Bertz CT molecular complexity index is 973. The summed E-state index contributed by atoms with van der Waals surface area (Å²) in [6.45, 7) is 9.68. The van der Waals surface area contributed by atoms with Crippen LogP contribution < -0.4 is 16.0 Å². The van der Waals surface area contributed by atoms with E-state index in [1.54, 1.807) is 14.0 Å². The van der Waals surface area contributed by atoms with Crippen molar-refractivity contribution in [1.82, 2.24) is 16.0 Å². The van der Waals surface area contributed by atoms with Crippen molar-refractivity contribution >= 4 is 18.1 Å². The lowest BCUT2D eigenvalue weighted by molar-refractivity contribution is -0.120. The average Bonchev–Trinajstić information content (AvgIpc) is 3.80. The largest absolute Gasteiger partial charge is 0.447 e. The molecule has 3 unspecified atom stereocenters. The van der Waals surface area contributed by atoms with Gasteiger partial charge in [0.05, 0.1) is 24.2 Å². The van der Waals surface area contributed by atoms with Gasteiger partial charge in [-0.25, -0.2) is 9.59 Å². The number of carbonyl (C=O) groups is 3. The number of hydrogen-bond donors (Lipinski definition) is 3. The van der Waals surface area contributed by atoms with E-state index in [1.807, 2.05) is 0 Å². The minimum absolute atomic E-state index is 0.0200. The topological polar surface area (TPSA) is 140 Å². The molecule has 6 atom stereocenters. The fourth-order valence-electron chi connectivity index (χ4n) is 6.70. The Morgan fingerprint density at radius 2 is 1.76 bits per heavy atom. The third-order valence-electron chi connectivity index (χ3n) is 9.17. The van der Waals surface area contributed by atoms with Crippen LogP contribution >= 0.6 is 0 Å². The number of rotatable bonds is 13. The predicted molar refractivity (Wildman–Crippen MR) is 151 cm³/mol. The number of alkyl carbamates (subject to hydrolysis) is 2. The highest BCUT2D eigenvalue weighted by Crippen LogP contribution is 2.59. The molecule has 4 fully saturated rings. The summed E-state index contributed by atoms with van der Waals surface area (Å²) in [5, 5.41) is 8.51. The van der Waals surface area contributed by atoms with E-state index in [2.05, 4.69) is 42.8 Å². The molecule has 2 saturated carbocycles. The van der Waals surface area contributed by atoms with Crippen molar-refractivity contribution in [3.05, 3.63) is 11.6 Å². The zero-order chi connectivity index (χ0) is 29.7. The van der Waals surface area contributed by atoms with E-state index in [0.717, 1.165) is 25.7 Å². The van der Waals surface area contributed by atoms with E-state index >= 15 is 0 Å². The average molecular weight is 580 g/mol. The number of nitrogens with one attached hydrogen (secondary N) is 3. The lowest BCUT2D eigenvalue weighted by Gasteiger charge is -2.43. The summed E-state index contributed by atoms with van der Waals surface area (Å²) in [4.78, 5) is 36.8. The SMILES string of the molecule is CCC(=O)NCCCNC(=O)OCC1(NC(=O)OC2CC[C@]3(CO3)C([C@@]3(C)O[C@@H]3CC=C(C)C)C2OC)CCCC1. The maximum Gasteiger partial charge on any atom is 0.408 e. The number of hydrogen-bond acceptors (Lipinski definition) is 8. The van der Waals surface area contributed by atoms with Gasteiger partial charge in [0.1, 0.15) is 30.0 Å². The summed E-state index contributed by atoms with van der Waals surface area (Å²) in [7, 11) is 1.66. The van der Waals surface area contributed by atoms with Crippen molar-refractivity contribution < 1.29 is 38.1 Å². The number of ether oxygens (including phenoxy) is 5. The van der Waals surface area contributed by atoms with Crippen molar-refractivity contribution in [3.63, 3.8) is 0 Å². The molecule has 11 heteroatoms. The van der Waals surface area contributed by atoms with Gasteiger partial charge in [-0.05, 0) is 59.3 Å². The molecule has 2 aliphatic carbocycles. The Labute approximate surface area is 243 Å². The molecule has 11 nitrogen and oxygen atoms in total. The van der Waals surface area contributed by atoms with Crippen LogP contribution in [0.4, 0.5) is 9.59 Å². The maximum absolute atomic E-state index is 13.2. The Balaban J connectivity index is 1.29. The van der Waals surface area contributed by atoms with Crippen LogP contribution in [-0.2, 0) is 28.5 Å². The summed E-state index contributed by atoms with van der Waals surface area (Å²) < 4.78 is 29.8. The highest BCUT2D eigenvalue weighted by molar-refractivity contribution is 5.75. The van der Waals surface area contributed by atoms with Crippen LogP contribution in [0.2, 0.25) is 0 Å². The molecule has 0 bridgehead atoms. The van der Waals surface area contributed by atoms with Crippen molar-refractivity contribution in [1.29, 1.82) is 0 Å². The zero-order valence-corrected chi connectivity index (χ0v) is 25.3. The molecule has 2 saturated heterocycles. The van der Waals surface area contributed by atoms with E-state index in [9.17, 15) is 14.4 Å². The Kier molecular flexibility index (Phi) is 10.2.